The molecule has 306 valence electrons. The highest BCUT2D eigenvalue weighted by Gasteiger charge is 2.64. The standard InChI is InChI=1S/C44H62N4O8/c1-41-15-11-35(23-31-3-7-33(29-49)8-4-31)25-43(41,17-13-37(41)27-47-53-21-19-45)55-39(51)40(52)56-44-18-14-38(28-48-54-22-20-46)42(44,2)16-12-36(26-44)24-32-5-9-34(30-50)10-6-32/h3-10,27-28,35-38,49-50H,11-26,29-30,45-46H2,1-2H3/t35-,36-,37-,38-,41-,42-,43+,44+/m1/s1. The van der Waals surface area contributed by atoms with Gasteiger partial charge < -0.3 is 40.8 Å². The minimum atomic E-state index is -0.942. The Morgan fingerprint density at radius 1 is 0.643 bits per heavy atom. The molecule has 0 unspecified atom stereocenters. The zero-order chi connectivity index (χ0) is 39.8. The van der Waals surface area contributed by atoms with E-state index in [1.165, 1.54) is 0 Å². The van der Waals surface area contributed by atoms with Crippen LogP contribution in [0.5, 0.6) is 0 Å². The van der Waals surface area contributed by atoms with E-state index >= 15 is 0 Å². The number of esters is 2. The van der Waals surface area contributed by atoms with Gasteiger partial charge in [0.05, 0.1) is 13.2 Å². The Hall–Kier alpha value is -3.84. The Morgan fingerprint density at radius 3 is 1.38 bits per heavy atom. The second-order valence-corrected chi connectivity index (χ2v) is 17.2. The molecular formula is C44H62N4O8. The first-order valence-corrected chi connectivity index (χ1v) is 20.6. The van der Waals surface area contributed by atoms with Gasteiger partial charge in [0.25, 0.3) is 0 Å². The lowest BCUT2D eigenvalue weighted by Crippen LogP contribution is -2.56. The Balaban J connectivity index is 1.24. The number of aliphatic hydroxyl groups excluding tert-OH is 2. The van der Waals surface area contributed by atoms with Gasteiger partial charge in [-0.15, -0.1) is 0 Å². The van der Waals surface area contributed by atoms with E-state index in [4.69, 9.17) is 30.6 Å². The molecule has 6 N–H and O–H groups in total. The third kappa shape index (κ3) is 8.68. The Labute approximate surface area is 331 Å². The molecule has 4 aliphatic carbocycles. The number of rotatable bonds is 16. The van der Waals surface area contributed by atoms with E-state index in [0.717, 1.165) is 73.6 Å². The van der Waals surface area contributed by atoms with Gasteiger partial charge in [-0.3, -0.25) is 0 Å². The molecule has 8 atom stereocenters. The maximum Gasteiger partial charge on any atom is 0.418 e. The molecule has 12 nitrogen and oxygen atoms in total. The SMILES string of the molecule is C[C@]12CC[C@H](Cc3ccc(CO)cc3)C[C@@]1(OC(=O)C(=O)O[C@]13CC[C@H](C=NOCCN)[C@@]1(C)CC[C@H](Cc1ccc(CO)cc1)C3)CC[C@@H]2C=NOCCN. The van der Waals surface area contributed by atoms with Crippen LogP contribution in [0.3, 0.4) is 0 Å². The highest BCUT2D eigenvalue weighted by Crippen LogP contribution is 2.62. The highest BCUT2D eigenvalue weighted by atomic mass is 16.6. The van der Waals surface area contributed by atoms with Gasteiger partial charge in [0, 0.05) is 48.2 Å². The maximum absolute atomic E-state index is 14.3. The number of hydrogen-bond acceptors (Lipinski definition) is 12. The third-order valence-corrected chi connectivity index (χ3v) is 14.1. The van der Waals surface area contributed by atoms with Gasteiger partial charge in [-0.2, -0.15) is 0 Å². The summed E-state index contributed by atoms with van der Waals surface area (Å²) in [6.45, 7) is 5.65. The fourth-order valence-corrected chi connectivity index (χ4v) is 10.7. The topological polar surface area (TPSA) is 188 Å². The summed E-state index contributed by atoms with van der Waals surface area (Å²) in [5.41, 5.74) is 12.5. The number of aliphatic hydroxyl groups is 2. The third-order valence-electron chi connectivity index (χ3n) is 14.1. The molecule has 0 aromatic heterocycles. The lowest BCUT2D eigenvalue weighted by molar-refractivity contribution is -0.209. The molecule has 0 heterocycles. The molecule has 6 rings (SSSR count). The molecular weight excluding hydrogens is 713 g/mol. The summed E-state index contributed by atoms with van der Waals surface area (Å²) >= 11 is 0. The molecule has 0 amide bonds. The van der Waals surface area contributed by atoms with E-state index in [1.807, 2.05) is 36.7 Å². The van der Waals surface area contributed by atoms with Crippen LogP contribution in [0.4, 0.5) is 0 Å². The molecule has 4 aliphatic rings. The van der Waals surface area contributed by atoms with E-state index in [-0.39, 0.29) is 36.9 Å². The molecule has 0 spiro atoms. The van der Waals surface area contributed by atoms with Crippen molar-refractivity contribution in [2.75, 3.05) is 26.3 Å². The maximum atomic E-state index is 14.3. The van der Waals surface area contributed by atoms with Crippen LogP contribution in [0.2, 0.25) is 0 Å². The summed E-state index contributed by atoms with van der Waals surface area (Å²) in [5.74, 6) is -1.47. The number of ether oxygens (including phenoxy) is 2. The average molecular weight is 775 g/mol. The van der Waals surface area contributed by atoms with Gasteiger partial charge in [-0.05, 0) is 111 Å². The minimum absolute atomic E-state index is 0.00702. The van der Waals surface area contributed by atoms with E-state index < -0.39 is 34.0 Å². The monoisotopic (exact) mass is 774 g/mol. The molecule has 12 heteroatoms. The predicted octanol–water partition coefficient (Wildman–Crippen LogP) is 5.38. The summed E-state index contributed by atoms with van der Waals surface area (Å²) < 4.78 is 13.1. The van der Waals surface area contributed by atoms with Crippen LogP contribution < -0.4 is 11.5 Å². The molecule has 0 aliphatic heterocycles. The first kappa shape index (κ1) is 41.8. The smallest absolute Gasteiger partial charge is 0.418 e. The van der Waals surface area contributed by atoms with Crippen molar-refractivity contribution in [3.63, 3.8) is 0 Å². The summed E-state index contributed by atoms with van der Waals surface area (Å²) in [6, 6.07) is 16.0. The molecule has 2 aromatic rings. The van der Waals surface area contributed by atoms with E-state index in [1.54, 1.807) is 0 Å². The van der Waals surface area contributed by atoms with Crippen LogP contribution >= 0.6 is 0 Å². The summed E-state index contributed by atoms with van der Waals surface area (Å²) in [6.07, 6.45) is 12.6. The van der Waals surface area contributed by atoms with Crippen LogP contribution in [-0.4, -0.2) is 72.1 Å². The molecule has 0 saturated heterocycles. The van der Waals surface area contributed by atoms with Gasteiger partial charge in [-0.1, -0.05) is 72.7 Å². The van der Waals surface area contributed by atoms with Crippen LogP contribution in [0, 0.1) is 34.5 Å². The van der Waals surface area contributed by atoms with Gasteiger partial charge in [0.15, 0.2) is 0 Å². The fourth-order valence-electron chi connectivity index (χ4n) is 10.7. The summed E-state index contributed by atoms with van der Waals surface area (Å²) in [4.78, 5) is 39.3. The van der Waals surface area contributed by atoms with E-state index in [2.05, 4.69) is 48.4 Å². The van der Waals surface area contributed by atoms with Crippen LogP contribution in [0.1, 0.15) is 100 Å². The van der Waals surface area contributed by atoms with Crippen LogP contribution in [-0.2, 0) is 54.8 Å². The Kier molecular flexibility index (Phi) is 13.6. The van der Waals surface area contributed by atoms with Crippen molar-refractivity contribution < 1.29 is 39.0 Å². The molecule has 2 aromatic carbocycles. The van der Waals surface area contributed by atoms with Crippen LogP contribution in [0.25, 0.3) is 0 Å². The van der Waals surface area contributed by atoms with Gasteiger partial charge in [0.2, 0.25) is 0 Å². The molecule has 0 bridgehead atoms. The van der Waals surface area contributed by atoms with Crippen molar-refractivity contribution in [1.82, 2.24) is 0 Å². The zero-order valence-corrected chi connectivity index (χ0v) is 33.2. The number of nitrogens with two attached hydrogens (primary N) is 2. The Bertz CT molecular complexity index is 1560. The van der Waals surface area contributed by atoms with Crippen LogP contribution in [0.15, 0.2) is 58.8 Å². The zero-order valence-electron chi connectivity index (χ0n) is 33.2. The normalized spacial score (nSPS) is 32.6. The van der Waals surface area contributed by atoms with Crippen molar-refractivity contribution in [3.05, 3.63) is 70.8 Å². The quantitative estimate of drug-likeness (QED) is 0.0567. The average Bonchev–Trinajstić information content (AvgIpc) is 3.64. The fraction of sp³-hybridized carbons (Fsp3) is 0.636. The van der Waals surface area contributed by atoms with Crippen molar-refractivity contribution >= 4 is 24.4 Å². The molecule has 4 fully saturated rings. The number of carbonyl (C=O) groups excluding carboxylic acids is 2. The second-order valence-electron chi connectivity index (χ2n) is 17.2. The first-order chi connectivity index (χ1) is 27.0. The summed E-state index contributed by atoms with van der Waals surface area (Å²) in [7, 11) is 0. The number of nitrogens with zero attached hydrogens (tertiary/aromatic N) is 2. The number of fused-ring (bicyclic) bond motifs is 2. The number of oxime groups is 2. The highest BCUT2D eigenvalue weighted by molar-refractivity contribution is 6.30. The molecule has 4 saturated carbocycles. The Morgan fingerprint density at radius 2 is 1.02 bits per heavy atom. The number of benzene rings is 2. The summed E-state index contributed by atoms with van der Waals surface area (Å²) in [5, 5.41) is 27.6. The van der Waals surface area contributed by atoms with Crippen molar-refractivity contribution in [2.24, 2.45) is 56.3 Å². The minimum Gasteiger partial charge on any atom is -0.450 e. The second kappa shape index (κ2) is 18.2. The van der Waals surface area contributed by atoms with E-state index in [0.29, 0.717) is 52.0 Å². The largest absolute Gasteiger partial charge is 0.450 e. The first-order valence-electron chi connectivity index (χ1n) is 20.6. The van der Waals surface area contributed by atoms with Crippen molar-refractivity contribution in [3.8, 4) is 0 Å². The van der Waals surface area contributed by atoms with E-state index in [9.17, 15) is 19.8 Å². The lowest BCUT2D eigenvalue weighted by Gasteiger charge is -2.52. The van der Waals surface area contributed by atoms with Gasteiger partial charge in [0.1, 0.15) is 24.4 Å². The lowest BCUT2D eigenvalue weighted by atomic mass is 9.59. The van der Waals surface area contributed by atoms with Crippen molar-refractivity contribution in [1.29, 1.82) is 0 Å². The van der Waals surface area contributed by atoms with Gasteiger partial charge >= 0.3 is 11.9 Å². The molecule has 56 heavy (non-hydrogen) atoms. The number of carbonyl (C=O) groups is 2. The number of hydrogen-bond donors (Lipinski definition) is 4. The van der Waals surface area contributed by atoms with Gasteiger partial charge in [-0.25, -0.2) is 9.59 Å². The molecule has 0 radical (unpaired) electrons. The van der Waals surface area contributed by atoms with Crippen molar-refractivity contribution in [2.45, 2.75) is 115 Å². The predicted molar refractivity (Wildman–Crippen MR) is 213 cm³/mol.